The van der Waals surface area contributed by atoms with Crippen LogP contribution in [0.5, 0.6) is 0 Å². The number of benzene rings is 1. The Labute approximate surface area is 89.8 Å². The van der Waals surface area contributed by atoms with Crippen LogP contribution < -0.4 is 5.32 Å². The molecule has 1 aromatic carbocycles. The molecule has 0 saturated carbocycles. The maximum absolute atomic E-state index is 6.25. The zero-order valence-electron chi connectivity index (χ0n) is 8.04. The Hall–Kier alpha value is -0.790. The summed E-state index contributed by atoms with van der Waals surface area (Å²) in [6.07, 6.45) is 2.86. The van der Waals surface area contributed by atoms with E-state index in [1.54, 1.807) is 0 Å². The summed E-state index contributed by atoms with van der Waals surface area (Å²) < 4.78 is 0. The monoisotopic (exact) mass is 207 g/mol. The number of halogens is 1. The highest BCUT2D eigenvalue weighted by Gasteiger charge is 2.28. The van der Waals surface area contributed by atoms with Crippen LogP contribution in [0, 0.1) is 0 Å². The lowest BCUT2D eigenvalue weighted by Crippen LogP contribution is -2.18. The molecule has 2 heteroatoms. The molecule has 0 amide bonds. The lowest BCUT2D eigenvalue weighted by atomic mass is 10.1. The lowest BCUT2D eigenvalue weighted by molar-refractivity contribution is 0.559. The summed E-state index contributed by atoms with van der Waals surface area (Å²) in [7, 11) is 0. The zero-order chi connectivity index (χ0) is 9.97. The first-order valence-electron chi connectivity index (χ1n) is 4.90. The normalized spacial score (nSPS) is 24.6. The van der Waals surface area contributed by atoms with Gasteiger partial charge in [-0.3, -0.25) is 0 Å². The molecule has 0 aromatic heterocycles. The first-order chi connectivity index (χ1) is 6.83. The molecule has 0 fully saturated rings. The third-order valence-electron chi connectivity index (χ3n) is 2.66. The molecule has 1 aliphatic rings. The van der Waals surface area contributed by atoms with Gasteiger partial charge in [0.2, 0.25) is 0 Å². The number of rotatable bonds is 3. The Morgan fingerprint density at radius 2 is 2.14 bits per heavy atom. The van der Waals surface area contributed by atoms with Crippen molar-refractivity contribution in [2.24, 2.45) is 0 Å². The molecule has 0 aliphatic heterocycles. The Morgan fingerprint density at radius 3 is 2.86 bits per heavy atom. The maximum atomic E-state index is 6.25. The van der Waals surface area contributed by atoms with Crippen LogP contribution in [-0.2, 0) is 0 Å². The molecule has 1 N–H and O–H groups in total. The molecule has 2 atom stereocenters. The molecule has 0 bridgehead atoms. The van der Waals surface area contributed by atoms with E-state index in [9.17, 15) is 0 Å². The smallest absolute Gasteiger partial charge is 0.0606 e. The van der Waals surface area contributed by atoms with E-state index in [4.69, 9.17) is 11.6 Å². The molecule has 74 valence electrons. The molecule has 0 spiro atoms. The minimum Gasteiger partial charge on any atom is -0.306 e. The van der Waals surface area contributed by atoms with E-state index in [1.807, 2.05) is 12.1 Å². The van der Waals surface area contributed by atoms with Crippen LogP contribution in [0.1, 0.15) is 29.0 Å². The SMILES string of the molecule is C=CCN[C@@H]1CC(Cl)c2ccccc21. The average Bonchev–Trinajstić information content (AvgIpc) is 2.54. The van der Waals surface area contributed by atoms with E-state index in [2.05, 4.69) is 30.1 Å². The number of alkyl halides is 1. The number of hydrogen-bond donors (Lipinski definition) is 1. The van der Waals surface area contributed by atoms with Gasteiger partial charge in [-0.2, -0.15) is 0 Å². The fraction of sp³-hybridized carbons (Fsp3) is 0.333. The van der Waals surface area contributed by atoms with Gasteiger partial charge < -0.3 is 5.32 Å². The lowest BCUT2D eigenvalue weighted by Gasteiger charge is -2.11. The zero-order valence-corrected chi connectivity index (χ0v) is 8.80. The summed E-state index contributed by atoms with van der Waals surface area (Å²) in [5.41, 5.74) is 2.62. The number of fused-ring (bicyclic) bond motifs is 1. The van der Waals surface area contributed by atoms with Gasteiger partial charge in [0.1, 0.15) is 0 Å². The Balaban J connectivity index is 2.21. The highest BCUT2D eigenvalue weighted by Crippen LogP contribution is 2.42. The molecule has 0 radical (unpaired) electrons. The van der Waals surface area contributed by atoms with E-state index in [-0.39, 0.29) is 5.38 Å². The molecule has 1 nitrogen and oxygen atoms in total. The standard InChI is InChI=1S/C12H14ClN/c1-2-7-14-12-8-11(13)9-5-3-4-6-10(9)12/h2-6,11-12,14H,1,7-8H2/t11?,12-/m1/s1. The highest BCUT2D eigenvalue weighted by molar-refractivity contribution is 6.21. The van der Waals surface area contributed by atoms with Crippen LogP contribution in [0.25, 0.3) is 0 Å². The van der Waals surface area contributed by atoms with Crippen molar-refractivity contribution in [3.05, 3.63) is 48.0 Å². The fourth-order valence-electron chi connectivity index (χ4n) is 1.99. The Morgan fingerprint density at radius 1 is 1.43 bits per heavy atom. The summed E-state index contributed by atoms with van der Waals surface area (Å²) in [5.74, 6) is 0. The first-order valence-corrected chi connectivity index (χ1v) is 5.33. The third-order valence-corrected chi connectivity index (χ3v) is 3.07. The second-order valence-electron chi connectivity index (χ2n) is 3.58. The van der Waals surface area contributed by atoms with E-state index in [0.29, 0.717) is 6.04 Å². The molecule has 2 rings (SSSR count). The predicted molar refractivity (Wildman–Crippen MR) is 60.6 cm³/mol. The van der Waals surface area contributed by atoms with Crippen molar-refractivity contribution in [2.45, 2.75) is 17.8 Å². The third kappa shape index (κ3) is 1.70. The largest absolute Gasteiger partial charge is 0.306 e. The van der Waals surface area contributed by atoms with Gasteiger partial charge in [0, 0.05) is 12.6 Å². The predicted octanol–water partition coefficient (Wildman–Crippen LogP) is 3.19. The summed E-state index contributed by atoms with van der Waals surface area (Å²) in [4.78, 5) is 0. The highest BCUT2D eigenvalue weighted by atomic mass is 35.5. The summed E-state index contributed by atoms with van der Waals surface area (Å²) >= 11 is 6.25. The van der Waals surface area contributed by atoms with Crippen LogP contribution in [0.4, 0.5) is 0 Å². The molecule has 14 heavy (non-hydrogen) atoms. The minimum atomic E-state index is 0.161. The van der Waals surface area contributed by atoms with Crippen molar-refractivity contribution < 1.29 is 0 Å². The van der Waals surface area contributed by atoms with Crippen molar-refractivity contribution in [3.8, 4) is 0 Å². The van der Waals surface area contributed by atoms with Crippen LogP contribution in [0.3, 0.4) is 0 Å². The number of nitrogens with one attached hydrogen (secondary N) is 1. The Kier molecular flexibility index (Phi) is 2.90. The van der Waals surface area contributed by atoms with E-state index in [1.165, 1.54) is 11.1 Å². The van der Waals surface area contributed by atoms with Crippen LogP contribution in [-0.4, -0.2) is 6.54 Å². The van der Waals surface area contributed by atoms with Crippen molar-refractivity contribution in [1.82, 2.24) is 5.32 Å². The Bertz CT molecular complexity index is 335. The van der Waals surface area contributed by atoms with E-state index < -0.39 is 0 Å². The molecule has 1 aromatic rings. The van der Waals surface area contributed by atoms with Gasteiger partial charge in [0.05, 0.1) is 5.38 Å². The van der Waals surface area contributed by atoms with Gasteiger partial charge in [0.15, 0.2) is 0 Å². The average molecular weight is 208 g/mol. The van der Waals surface area contributed by atoms with Crippen molar-refractivity contribution in [3.63, 3.8) is 0 Å². The van der Waals surface area contributed by atoms with Gasteiger partial charge in [-0.05, 0) is 17.5 Å². The second-order valence-corrected chi connectivity index (χ2v) is 4.11. The number of hydrogen-bond acceptors (Lipinski definition) is 1. The minimum absolute atomic E-state index is 0.161. The van der Waals surface area contributed by atoms with Gasteiger partial charge in [-0.15, -0.1) is 18.2 Å². The van der Waals surface area contributed by atoms with Gasteiger partial charge >= 0.3 is 0 Å². The summed E-state index contributed by atoms with van der Waals surface area (Å²) in [6.45, 7) is 4.54. The van der Waals surface area contributed by atoms with Gasteiger partial charge in [-0.1, -0.05) is 30.3 Å². The van der Waals surface area contributed by atoms with Crippen molar-refractivity contribution in [1.29, 1.82) is 0 Å². The fourth-order valence-corrected chi connectivity index (χ4v) is 2.37. The van der Waals surface area contributed by atoms with E-state index in [0.717, 1.165) is 13.0 Å². The van der Waals surface area contributed by atoms with Crippen molar-refractivity contribution >= 4 is 11.6 Å². The molecular weight excluding hydrogens is 194 g/mol. The van der Waals surface area contributed by atoms with Gasteiger partial charge in [-0.25, -0.2) is 0 Å². The van der Waals surface area contributed by atoms with E-state index >= 15 is 0 Å². The topological polar surface area (TPSA) is 12.0 Å². The van der Waals surface area contributed by atoms with Crippen LogP contribution >= 0.6 is 11.6 Å². The molecule has 0 heterocycles. The quantitative estimate of drug-likeness (QED) is 0.593. The first kappa shape index (κ1) is 9.75. The molecule has 1 aliphatic carbocycles. The molecule has 1 unspecified atom stereocenters. The maximum Gasteiger partial charge on any atom is 0.0606 e. The van der Waals surface area contributed by atoms with Crippen molar-refractivity contribution in [2.75, 3.05) is 6.54 Å². The molecular formula is C12H14ClN. The molecule has 0 saturated heterocycles. The van der Waals surface area contributed by atoms with Crippen LogP contribution in [0.2, 0.25) is 0 Å². The summed E-state index contributed by atoms with van der Waals surface area (Å²) in [5, 5.41) is 3.58. The second kappa shape index (κ2) is 4.16. The van der Waals surface area contributed by atoms with Gasteiger partial charge in [0.25, 0.3) is 0 Å². The van der Waals surface area contributed by atoms with Crippen LogP contribution in [0.15, 0.2) is 36.9 Å². The summed E-state index contributed by atoms with van der Waals surface area (Å²) in [6, 6.07) is 8.77.